The van der Waals surface area contributed by atoms with Crippen LogP contribution >= 0.6 is 11.3 Å². The lowest BCUT2D eigenvalue weighted by Crippen LogP contribution is -2.40. The van der Waals surface area contributed by atoms with E-state index in [4.69, 9.17) is 5.73 Å². The normalized spacial score (nSPS) is 28.8. The van der Waals surface area contributed by atoms with Crippen LogP contribution in [0.15, 0.2) is 17.5 Å². The van der Waals surface area contributed by atoms with Crippen LogP contribution < -0.4 is 5.73 Å². The van der Waals surface area contributed by atoms with E-state index in [0.717, 1.165) is 6.04 Å². The van der Waals surface area contributed by atoms with Gasteiger partial charge >= 0.3 is 0 Å². The van der Waals surface area contributed by atoms with Gasteiger partial charge < -0.3 is 5.73 Å². The van der Waals surface area contributed by atoms with Crippen LogP contribution in [-0.4, -0.2) is 48.1 Å². The Labute approximate surface area is 120 Å². The van der Waals surface area contributed by atoms with Gasteiger partial charge in [0.05, 0.1) is 6.04 Å². The summed E-state index contributed by atoms with van der Waals surface area (Å²) in [5, 5.41) is 2.17. The summed E-state index contributed by atoms with van der Waals surface area (Å²) in [5.74, 6) is 0. The Balaban J connectivity index is 1.67. The molecule has 1 aromatic heterocycles. The van der Waals surface area contributed by atoms with Crippen molar-refractivity contribution < 1.29 is 0 Å². The first-order valence-electron chi connectivity index (χ1n) is 7.53. The molecule has 3 heterocycles. The molecule has 0 bridgehead atoms. The molecule has 3 atom stereocenters. The van der Waals surface area contributed by atoms with Crippen molar-refractivity contribution in [2.45, 2.75) is 44.3 Å². The predicted molar refractivity (Wildman–Crippen MR) is 81.5 cm³/mol. The summed E-state index contributed by atoms with van der Waals surface area (Å²) >= 11 is 1.84. The number of nitrogens with two attached hydrogens (primary N) is 1. The molecule has 2 N–H and O–H groups in total. The highest BCUT2D eigenvalue weighted by molar-refractivity contribution is 7.10. The Bertz CT molecular complexity index is 384. The third kappa shape index (κ3) is 2.87. The number of hydrogen-bond acceptors (Lipinski definition) is 4. The van der Waals surface area contributed by atoms with Gasteiger partial charge in [-0.05, 0) is 50.7 Å². The largest absolute Gasteiger partial charge is 0.326 e. The van der Waals surface area contributed by atoms with Crippen molar-refractivity contribution in [3.8, 4) is 0 Å². The molecule has 0 radical (unpaired) electrons. The summed E-state index contributed by atoms with van der Waals surface area (Å²) in [5.41, 5.74) is 6.26. The second kappa shape index (κ2) is 5.92. The molecule has 0 aromatic carbocycles. The van der Waals surface area contributed by atoms with E-state index in [0.29, 0.717) is 6.04 Å². The van der Waals surface area contributed by atoms with Gasteiger partial charge in [0.2, 0.25) is 0 Å². The molecule has 2 aliphatic heterocycles. The predicted octanol–water partition coefficient (Wildman–Crippen LogP) is 2.31. The minimum absolute atomic E-state index is 0.205. The first-order chi connectivity index (χ1) is 9.25. The second-order valence-electron chi connectivity index (χ2n) is 6.00. The van der Waals surface area contributed by atoms with Gasteiger partial charge in [0.1, 0.15) is 0 Å². The average molecular weight is 279 g/mol. The van der Waals surface area contributed by atoms with Crippen LogP contribution in [0.5, 0.6) is 0 Å². The molecule has 0 aliphatic carbocycles. The van der Waals surface area contributed by atoms with Crippen LogP contribution in [0.4, 0.5) is 0 Å². The molecule has 0 spiro atoms. The van der Waals surface area contributed by atoms with Crippen LogP contribution in [0, 0.1) is 0 Å². The Kier molecular flexibility index (Phi) is 4.22. The fourth-order valence-corrected chi connectivity index (χ4v) is 4.63. The highest BCUT2D eigenvalue weighted by Crippen LogP contribution is 2.32. The molecule has 2 fully saturated rings. The van der Waals surface area contributed by atoms with E-state index in [2.05, 4.69) is 34.2 Å². The molecule has 0 amide bonds. The molecule has 106 valence electrons. The minimum atomic E-state index is 0.205. The van der Waals surface area contributed by atoms with Crippen LogP contribution in [0.25, 0.3) is 0 Å². The van der Waals surface area contributed by atoms with Gasteiger partial charge in [-0.25, -0.2) is 0 Å². The lowest BCUT2D eigenvalue weighted by Gasteiger charge is -2.31. The molecular weight excluding hydrogens is 254 g/mol. The summed E-state index contributed by atoms with van der Waals surface area (Å²) in [6.45, 7) is 7.16. The summed E-state index contributed by atoms with van der Waals surface area (Å²) in [6, 6.07) is 5.76. The molecule has 3 unspecified atom stereocenters. The zero-order chi connectivity index (χ0) is 13.2. The highest BCUT2D eigenvalue weighted by Gasteiger charge is 2.34. The number of likely N-dealkylation sites (tertiary alicyclic amines) is 2. The van der Waals surface area contributed by atoms with E-state index >= 15 is 0 Å². The maximum atomic E-state index is 6.26. The van der Waals surface area contributed by atoms with E-state index < -0.39 is 0 Å². The summed E-state index contributed by atoms with van der Waals surface area (Å²) < 4.78 is 0. The van der Waals surface area contributed by atoms with Crippen molar-refractivity contribution in [2.75, 3.05) is 26.2 Å². The van der Waals surface area contributed by atoms with Crippen molar-refractivity contribution in [3.63, 3.8) is 0 Å². The van der Waals surface area contributed by atoms with Gasteiger partial charge in [0.25, 0.3) is 0 Å². The number of nitrogens with zero attached hydrogens (tertiary/aromatic N) is 2. The summed E-state index contributed by atoms with van der Waals surface area (Å²) in [6.07, 6.45) is 4.09. The third-order valence-electron chi connectivity index (χ3n) is 4.58. The molecule has 3 nitrogen and oxygen atoms in total. The van der Waals surface area contributed by atoms with Crippen LogP contribution in [0.3, 0.4) is 0 Å². The Hall–Kier alpha value is -0.420. The molecule has 2 aliphatic rings. The first-order valence-corrected chi connectivity index (χ1v) is 8.41. The summed E-state index contributed by atoms with van der Waals surface area (Å²) in [4.78, 5) is 6.73. The standard InChI is InChI=1S/C15H25N3S/c1-12(16)15(14-5-4-10-19-14)18-9-6-13(11-18)17-7-2-3-8-17/h4-5,10,12-13,15H,2-3,6-9,11,16H2,1H3. The Morgan fingerprint density at radius 3 is 2.74 bits per heavy atom. The molecule has 3 rings (SSSR count). The zero-order valence-corrected chi connectivity index (χ0v) is 12.6. The van der Waals surface area contributed by atoms with Gasteiger partial charge in [-0.15, -0.1) is 11.3 Å². The van der Waals surface area contributed by atoms with Gasteiger partial charge in [-0.3, -0.25) is 9.80 Å². The van der Waals surface area contributed by atoms with Crippen molar-refractivity contribution in [2.24, 2.45) is 5.73 Å². The minimum Gasteiger partial charge on any atom is -0.326 e. The van der Waals surface area contributed by atoms with Crippen LogP contribution in [0.1, 0.15) is 37.1 Å². The van der Waals surface area contributed by atoms with Gasteiger partial charge in [0.15, 0.2) is 0 Å². The fraction of sp³-hybridized carbons (Fsp3) is 0.733. The molecule has 1 aromatic rings. The molecular formula is C15H25N3S. The van der Waals surface area contributed by atoms with Gasteiger partial charge in [-0.2, -0.15) is 0 Å². The quantitative estimate of drug-likeness (QED) is 0.918. The van der Waals surface area contributed by atoms with Crippen molar-refractivity contribution in [1.82, 2.24) is 9.80 Å². The van der Waals surface area contributed by atoms with Crippen molar-refractivity contribution >= 4 is 11.3 Å². The maximum absolute atomic E-state index is 6.26. The second-order valence-corrected chi connectivity index (χ2v) is 6.98. The zero-order valence-electron chi connectivity index (χ0n) is 11.8. The monoisotopic (exact) mass is 279 g/mol. The third-order valence-corrected chi connectivity index (χ3v) is 5.52. The molecule has 2 saturated heterocycles. The van der Waals surface area contributed by atoms with E-state index in [-0.39, 0.29) is 6.04 Å². The molecule has 4 heteroatoms. The maximum Gasteiger partial charge on any atom is 0.0591 e. The lowest BCUT2D eigenvalue weighted by molar-refractivity contribution is 0.188. The highest BCUT2D eigenvalue weighted by atomic mass is 32.1. The van der Waals surface area contributed by atoms with E-state index in [1.54, 1.807) is 0 Å². The molecule has 0 saturated carbocycles. The number of rotatable bonds is 4. The van der Waals surface area contributed by atoms with Gasteiger partial charge in [0, 0.05) is 30.1 Å². The SMILES string of the molecule is CC(N)C(c1cccs1)N1CCC(N2CCCC2)C1. The topological polar surface area (TPSA) is 32.5 Å². The fourth-order valence-electron chi connectivity index (χ4n) is 3.66. The van der Waals surface area contributed by atoms with Crippen LogP contribution in [0.2, 0.25) is 0 Å². The van der Waals surface area contributed by atoms with Crippen molar-refractivity contribution in [1.29, 1.82) is 0 Å². The van der Waals surface area contributed by atoms with Gasteiger partial charge in [-0.1, -0.05) is 6.07 Å². The van der Waals surface area contributed by atoms with Crippen LogP contribution in [-0.2, 0) is 0 Å². The molecule has 19 heavy (non-hydrogen) atoms. The Morgan fingerprint density at radius 2 is 2.11 bits per heavy atom. The number of hydrogen-bond donors (Lipinski definition) is 1. The number of thiophene rings is 1. The summed E-state index contributed by atoms with van der Waals surface area (Å²) in [7, 11) is 0. The smallest absolute Gasteiger partial charge is 0.0591 e. The average Bonchev–Trinajstić information content (AvgIpc) is 3.11. The van der Waals surface area contributed by atoms with E-state index in [9.17, 15) is 0 Å². The lowest BCUT2D eigenvalue weighted by atomic mass is 10.1. The van der Waals surface area contributed by atoms with Crippen molar-refractivity contribution in [3.05, 3.63) is 22.4 Å². The van der Waals surface area contributed by atoms with E-state index in [1.165, 1.54) is 50.3 Å². The first kappa shape index (κ1) is 13.6. The van der Waals surface area contributed by atoms with E-state index in [1.807, 2.05) is 11.3 Å². The Morgan fingerprint density at radius 1 is 1.32 bits per heavy atom.